The van der Waals surface area contributed by atoms with Gasteiger partial charge in [-0.1, -0.05) is 12.1 Å². The van der Waals surface area contributed by atoms with E-state index in [0.29, 0.717) is 11.5 Å². The lowest BCUT2D eigenvalue weighted by atomic mass is 10.1. The third kappa shape index (κ3) is 2.92. The summed E-state index contributed by atoms with van der Waals surface area (Å²) >= 11 is 0.651. The number of aromatic nitrogens is 1. The maximum atomic E-state index is 13.0. The van der Waals surface area contributed by atoms with Crippen molar-refractivity contribution in [1.29, 1.82) is 0 Å². The lowest BCUT2D eigenvalue weighted by molar-refractivity contribution is -0.137. The van der Waals surface area contributed by atoms with Crippen LogP contribution in [0.2, 0.25) is 0 Å². The predicted molar refractivity (Wildman–Crippen MR) is 60.8 cm³/mol. The van der Waals surface area contributed by atoms with Crippen molar-refractivity contribution >= 4 is 21.8 Å². The standard InChI is InChI=1S/C10H5F4NO2S2/c11-10(12,13)7-3-1-2-6(4-7)9-8(5-18-15-9)19(14,16)17/h1-5H. The number of alkyl halides is 3. The molecule has 0 saturated heterocycles. The van der Waals surface area contributed by atoms with Crippen LogP contribution in [0.25, 0.3) is 11.3 Å². The molecule has 0 spiro atoms. The predicted octanol–water partition coefficient (Wildman–Crippen LogP) is 3.49. The molecule has 0 unspecified atom stereocenters. The van der Waals surface area contributed by atoms with Crippen molar-refractivity contribution in [2.45, 2.75) is 11.1 Å². The van der Waals surface area contributed by atoms with Gasteiger partial charge in [-0.15, -0.1) is 3.89 Å². The molecule has 0 bridgehead atoms. The van der Waals surface area contributed by atoms with E-state index in [4.69, 9.17) is 0 Å². The maximum Gasteiger partial charge on any atom is 0.416 e. The summed E-state index contributed by atoms with van der Waals surface area (Å²) in [5.41, 5.74) is -1.38. The Morgan fingerprint density at radius 2 is 1.89 bits per heavy atom. The third-order valence-electron chi connectivity index (χ3n) is 2.26. The van der Waals surface area contributed by atoms with Crippen LogP contribution in [-0.2, 0) is 16.4 Å². The van der Waals surface area contributed by atoms with Crippen LogP contribution in [0, 0.1) is 0 Å². The average molecular weight is 311 g/mol. The first-order valence-corrected chi connectivity index (χ1v) is 6.98. The van der Waals surface area contributed by atoms with E-state index in [0.717, 1.165) is 23.6 Å². The first-order chi connectivity index (χ1) is 8.69. The number of benzene rings is 1. The minimum Gasteiger partial charge on any atom is -0.191 e. The molecule has 0 amide bonds. The number of halogens is 4. The van der Waals surface area contributed by atoms with Crippen LogP contribution >= 0.6 is 11.5 Å². The van der Waals surface area contributed by atoms with E-state index in [2.05, 4.69) is 4.37 Å². The highest BCUT2D eigenvalue weighted by Gasteiger charge is 2.31. The highest BCUT2D eigenvalue weighted by Crippen LogP contribution is 2.34. The Balaban J connectivity index is 2.59. The SMILES string of the molecule is O=S(=O)(F)c1csnc1-c1cccc(C(F)(F)F)c1. The molecule has 0 saturated carbocycles. The second-order valence-corrected chi connectivity index (χ2v) is 5.49. The van der Waals surface area contributed by atoms with Gasteiger partial charge in [-0.05, 0) is 23.7 Å². The molecule has 1 aromatic carbocycles. The van der Waals surface area contributed by atoms with E-state index in [1.807, 2.05) is 0 Å². The van der Waals surface area contributed by atoms with Crippen molar-refractivity contribution in [2.75, 3.05) is 0 Å². The second kappa shape index (κ2) is 4.57. The largest absolute Gasteiger partial charge is 0.416 e. The molecular weight excluding hydrogens is 306 g/mol. The van der Waals surface area contributed by atoms with Gasteiger partial charge in [-0.25, -0.2) is 0 Å². The fourth-order valence-electron chi connectivity index (χ4n) is 1.44. The highest BCUT2D eigenvalue weighted by molar-refractivity contribution is 7.86. The molecule has 0 aliphatic heterocycles. The summed E-state index contributed by atoms with van der Waals surface area (Å²) in [5, 5.41) is 0.935. The van der Waals surface area contributed by atoms with E-state index < -0.39 is 26.9 Å². The van der Waals surface area contributed by atoms with Gasteiger partial charge >= 0.3 is 16.4 Å². The van der Waals surface area contributed by atoms with Crippen LogP contribution < -0.4 is 0 Å². The molecule has 19 heavy (non-hydrogen) atoms. The van der Waals surface area contributed by atoms with Crippen molar-refractivity contribution in [1.82, 2.24) is 4.37 Å². The van der Waals surface area contributed by atoms with Crippen molar-refractivity contribution in [3.63, 3.8) is 0 Å². The van der Waals surface area contributed by atoms with Gasteiger partial charge in [0, 0.05) is 10.9 Å². The molecule has 0 aliphatic carbocycles. The van der Waals surface area contributed by atoms with Gasteiger partial charge in [0.15, 0.2) is 0 Å². The quantitative estimate of drug-likeness (QED) is 0.630. The average Bonchev–Trinajstić information content (AvgIpc) is 2.76. The Morgan fingerprint density at radius 1 is 1.21 bits per heavy atom. The summed E-state index contributed by atoms with van der Waals surface area (Å²) in [7, 11) is -5.02. The Kier molecular flexibility index (Phi) is 3.35. The van der Waals surface area contributed by atoms with Gasteiger partial charge in [0.05, 0.1) is 5.56 Å². The Labute approximate surface area is 109 Å². The fourth-order valence-corrected chi connectivity index (χ4v) is 3.05. The molecule has 0 radical (unpaired) electrons. The first kappa shape index (κ1) is 13.9. The van der Waals surface area contributed by atoms with Gasteiger partial charge in [0.2, 0.25) is 0 Å². The summed E-state index contributed by atoms with van der Waals surface area (Å²) in [6.07, 6.45) is -4.57. The molecule has 2 rings (SSSR count). The summed E-state index contributed by atoms with van der Waals surface area (Å²) in [6.45, 7) is 0. The van der Waals surface area contributed by atoms with Crippen LogP contribution in [0.5, 0.6) is 0 Å². The van der Waals surface area contributed by atoms with Crippen molar-refractivity contribution < 1.29 is 25.5 Å². The second-order valence-electron chi connectivity index (χ2n) is 3.54. The summed E-state index contributed by atoms with van der Waals surface area (Å²) in [4.78, 5) is -0.725. The fraction of sp³-hybridized carbons (Fsp3) is 0.100. The van der Waals surface area contributed by atoms with Crippen molar-refractivity contribution in [2.24, 2.45) is 0 Å². The normalized spacial score (nSPS) is 12.6. The lowest BCUT2D eigenvalue weighted by Gasteiger charge is -2.07. The van der Waals surface area contributed by atoms with Gasteiger partial charge in [-0.2, -0.15) is 26.0 Å². The Morgan fingerprint density at radius 3 is 2.47 bits per heavy atom. The minimum absolute atomic E-state index is 0.104. The van der Waals surface area contributed by atoms with Crippen LogP contribution in [0.4, 0.5) is 17.1 Å². The molecule has 1 aromatic heterocycles. The summed E-state index contributed by atoms with van der Waals surface area (Å²) < 4.78 is 75.9. The molecule has 0 N–H and O–H groups in total. The third-order valence-corrected chi connectivity index (χ3v) is 3.88. The van der Waals surface area contributed by atoms with Crippen molar-refractivity contribution in [3.8, 4) is 11.3 Å². The lowest BCUT2D eigenvalue weighted by Crippen LogP contribution is -2.04. The molecular formula is C10H5F4NO2S2. The molecule has 0 fully saturated rings. The van der Waals surface area contributed by atoms with Gasteiger partial charge in [-0.3, -0.25) is 0 Å². The molecule has 0 atom stereocenters. The molecule has 3 nitrogen and oxygen atoms in total. The van der Waals surface area contributed by atoms with E-state index in [1.165, 1.54) is 6.07 Å². The Bertz CT molecular complexity index is 706. The maximum absolute atomic E-state index is 13.0. The van der Waals surface area contributed by atoms with Crippen LogP contribution in [0.3, 0.4) is 0 Å². The van der Waals surface area contributed by atoms with Crippen molar-refractivity contribution in [3.05, 3.63) is 35.2 Å². The smallest absolute Gasteiger partial charge is 0.191 e. The van der Waals surface area contributed by atoms with E-state index in [-0.39, 0.29) is 11.3 Å². The zero-order valence-corrected chi connectivity index (χ0v) is 10.6. The van der Waals surface area contributed by atoms with E-state index in [9.17, 15) is 25.5 Å². The molecule has 9 heteroatoms. The summed E-state index contributed by atoms with van der Waals surface area (Å²) in [5.74, 6) is 0. The molecule has 0 aliphatic rings. The Hall–Kier alpha value is -1.48. The monoisotopic (exact) mass is 311 g/mol. The first-order valence-electron chi connectivity index (χ1n) is 4.76. The molecule has 2 aromatic rings. The highest BCUT2D eigenvalue weighted by atomic mass is 32.3. The summed E-state index contributed by atoms with van der Waals surface area (Å²) in [6, 6.07) is 3.90. The van der Waals surface area contributed by atoms with Gasteiger partial charge < -0.3 is 0 Å². The zero-order valence-electron chi connectivity index (χ0n) is 8.98. The number of rotatable bonds is 2. The van der Waals surface area contributed by atoms with Crippen LogP contribution in [-0.4, -0.2) is 12.8 Å². The molecule has 102 valence electrons. The van der Waals surface area contributed by atoms with E-state index >= 15 is 0 Å². The van der Waals surface area contributed by atoms with Crippen LogP contribution in [0.15, 0.2) is 34.5 Å². The number of nitrogens with zero attached hydrogens (tertiary/aromatic N) is 1. The minimum atomic E-state index is -5.02. The van der Waals surface area contributed by atoms with Gasteiger partial charge in [0.1, 0.15) is 10.6 Å². The zero-order chi connectivity index (χ0) is 14.3. The molecule has 1 heterocycles. The van der Waals surface area contributed by atoms with E-state index in [1.54, 1.807) is 0 Å². The van der Waals surface area contributed by atoms with Crippen LogP contribution in [0.1, 0.15) is 5.56 Å². The number of hydrogen-bond acceptors (Lipinski definition) is 4. The number of hydrogen-bond donors (Lipinski definition) is 0. The van der Waals surface area contributed by atoms with Gasteiger partial charge in [0.25, 0.3) is 0 Å². The topological polar surface area (TPSA) is 47.0 Å².